The quantitative estimate of drug-likeness (QED) is 0.514. The minimum Gasteiger partial charge on any atom is -0.504 e. The number of aromatic hydroxyl groups is 1. The number of carbonyl (C=O) groups excluding carboxylic acids is 2. The number of primary amides is 1. The van der Waals surface area contributed by atoms with Crippen LogP contribution in [0.3, 0.4) is 0 Å². The SMILES string of the molecule is COc1cc(C=O)cc(C(O)C(O)CC(N)=O)c1O. The van der Waals surface area contributed by atoms with E-state index in [0.29, 0.717) is 6.29 Å². The molecule has 0 aliphatic heterocycles. The van der Waals surface area contributed by atoms with Crippen LogP contribution in [-0.2, 0) is 4.79 Å². The Kier molecular flexibility index (Phi) is 4.85. The van der Waals surface area contributed by atoms with Gasteiger partial charge in [-0.15, -0.1) is 0 Å². The first-order valence-electron chi connectivity index (χ1n) is 5.41. The molecule has 0 aliphatic carbocycles. The molecular weight excluding hydrogens is 254 g/mol. The Balaban J connectivity index is 3.17. The van der Waals surface area contributed by atoms with Crippen molar-refractivity contribution in [2.24, 2.45) is 5.73 Å². The number of phenols is 1. The molecule has 1 amide bonds. The largest absolute Gasteiger partial charge is 0.504 e. The number of carbonyl (C=O) groups is 2. The predicted molar refractivity (Wildman–Crippen MR) is 64.8 cm³/mol. The van der Waals surface area contributed by atoms with E-state index in [2.05, 4.69) is 0 Å². The van der Waals surface area contributed by atoms with Crippen molar-refractivity contribution < 1.29 is 29.6 Å². The van der Waals surface area contributed by atoms with Gasteiger partial charge in [-0.3, -0.25) is 9.59 Å². The van der Waals surface area contributed by atoms with Gasteiger partial charge in [0, 0.05) is 11.1 Å². The maximum absolute atomic E-state index is 10.8. The molecular formula is C12H15NO6. The maximum Gasteiger partial charge on any atom is 0.220 e. The van der Waals surface area contributed by atoms with Crippen molar-refractivity contribution in [1.82, 2.24) is 0 Å². The van der Waals surface area contributed by atoms with Gasteiger partial charge in [-0.1, -0.05) is 0 Å². The normalized spacial score (nSPS) is 13.6. The zero-order valence-electron chi connectivity index (χ0n) is 10.2. The number of aliphatic hydroxyl groups excluding tert-OH is 2. The third-order valence-corrected chi connectivity index (χ3v) is 2.58. The predicted octanol–water partition coefficient (Wildman–Crippen LogP) is -0.517. The lowest BCUT2D eigenvalue weighted by Gasteiger charge is -2.19. The Labute approximate surface area is 109 Å². The minimum atomic E-state index is -1.57. The molecule has 1 aromatic rings. The third kappa shape index (κ3) is 3.43. The lowest BCUT2D eigenvalue weighted by atomic mass is 9.98. The summed E-state index contributed by atoms with van der Waals surface area (Å²) in [4.78, 5) is 21.4. The second-order valence-electron chi connectivity index (χ2n) is 3.96. The Bertz CT molecular complexity index is 487. The molecule has 0 radical (unpaired) electrons. The summed E-state index contributed by atoms with van der Waals surface area (Å²) in [5.74, 6) is -1.24. The summed E-state index contributed by atoms with van der Waals surface area (Å²) >= 11 is 0. The van der Waals surface area contributed by atoms with Crippen LogP contribution in [0.5, 0.6) is 11.5 Å². The summed E-state index contributed by atoms with van der Waals surface area (Å²) < 4.78 is 4.85. The van der Waals surface area contributed by atoms with Gasteiger partial charge in [0.15, 0.2) is 11.5 Å². The number of phenolic OH excluding ortho intramolecular Hbond substituents is 1. The number of benzene rings is 1. The number of aldehydes is 1. The molecule has 2 unspecified atom stereocenters. The summed E-state index contributed by atoms with van der Waals surface area (Å²) in [7, 11) is 1.28. The molecule has 0 fully saturated rings. The Morgan fingerprint density at radius 3 is 2.58 bits per heavy atom. The summed E-state index contributed by atoms with van der Waals surface area (Å²) in [5.41, 5.74) is 4.94. The number of nitrogens with two attached hydrogens (primary N) is 1. The second kappa shape index (κ2) is 6.17. The Hall–Kier alpha value is -2.12. The van der Waals surface area contributed by atoms with Gasteiger partial charge in [-0.2, -0.15) is 0 Å². The highest BCUT2D eigenvalue weighted by atomic mass is 16.5. The summed E-state index contributed by atoms with van der Waals surface area (Å²) in [5, 5.41) is 29.3. The van der Waals surface area contributed by atoms with Gasteiger partial charge in [-0.25, -0.2) is 0 Å². The Morgan fingerprint density at radius 2 is 2.11 bits per heavy atom. The van der Waals surface area contributed by atoms with Crippen molar-refractivity contribution in [3.63, 3.8) is 0 Å². The van der Waals surface area contributed by atoms with E-state index < -0.39 is 30.3 Å². The number of amides is 1. The van der Waals surface area contributed by atoms with Gasteiger partial charge in [-0.05, 0) is 12.1 Å². The first kappa shape index (κ1) is 14.9. The van der Waals surface area contributed by atoms with E-state index in [4.69, 9.17) is 10.5 Å². The lowest BCUT2D eigenvalue weighted by Crippen LogP contribution is -2.25. The van der Waals surface area contributed by atoms with Crippen molar-refractivity contribution in [2.75, 3.05) is 7.11 Å². The van der Waals surface area contributed by atoms with Crippen molar-refractivity contribution in [1.29, 1.82) is 0 Å². The van der Waals surface area contributed by atoms with E-state index in [0.717, 1.165) is 0 Å². The smallest absolute Gasteiger partial charge is 0.220 e. The van der Waals surface area contributed by atoms with Gasteiger partial charge in [0.2, 0.25) is 5.91 Å². The van der Waals surface area contributed by atoms with Crippen molar-refractivity contribution in [3.05, 3.63) is 23.3 Å². The minimum absolute atomic E-state index is 0.0232. The highest BCUT2D eigenvalue weighted by Gasteiger charge is 2.25. The van der Waals surface area contributed by atoms with Crippen LogP contribution >= 0.6 is 0 Å². The molecule has 1 rings (SSSR count). The molecule has 19 heavy (non-hydrogen) atoms. The van der Waals surface area contributed by atoms with Crippen LogP contribution in [0.1, 0.15) is 28.4 Å². The fraction of sp³-hybridized carbons (Fsp3) is 0.333. The van der Waals surface area contributed by atoms with Crippen LogP contribution in [0.2, 0.25) is 0 Å². The second-order valence-corrected chi connectivity index (χ2v) is 3.96. The molecule has 7 nitrogen and oxygen atoms in total. The topological polar surface area (TPSA) is 130 Å². The van der Waals surface area contributed by atoms with E-state index in [1.54, 1.807) is 0 Å². The molecule has 0 saturated carbocycles. The molecule has 0 aromatic heterocycles. The maximum atomic E-state index is 10.8. The number of aliphatic hydroxyl groups is 2. The monoisotopic (exact) mass is 269 g/mol. The van der Waals surface area contributed by atoms with Crippen LogP contribution in [0.4, 0.5) is 0 Å². The highest BCUT2D eigenvalue weighted by molar-refractivity contribution is 5.77. The van der Waals surface area contributed by atoms with E-state index in [1.807, 2.05) is 0 Å². The number of hydrogen-bond acceptors (Lipinski definition) is 6. The zero-order valence-corrected chi connectivity index (χ0v) is 10.2. The number of methoxy groups -OCH3 is 1. The molecule has 0 saturated heterocycles. The number of hydrogen-bond donors (Lipinski definition) is 4. The van der Waals surface area contributed by atoms with E-state index in [-0.39, 0.29) is 16.9 Å². The lowest BCUT2D eigenvalue weighted by molar-refractivity contribution is -0.121. The molecule has 2 atom stereocenters. The van der Waals surface area contributed by atoms with Gasteiger partial charge in [0.05, 0.1) is 19.6 Å². The van der Waals surface area contributed by atoms with E-state index in [9.17, 15) is 24.9 Å². The van der Waals surface area contributed by atoms with Crippen LogP contribution in [0.25, 0.3) is 0 Å². The fourth-order valence-corrected chi connectivity index (χ4v) is 1.63. The molecule has 7 heteroatoms. The van der Waals surface area contributed by atoms with Crippen LogP contribution in [0.15, 0.2) is 12.1 Å². The summed E-state index contributed by atoms with van der Waals surface area (Å²) in [6.07, 6.45) is -3.04. The Morgan fingerprint density at radius 1 is 1.47 bits per heavy atom. The average molecular weight is 269 g/mol. The zero-order chi connectivity index (χ0) is 14.6. The molecule has 5 N–H and O–H groups in total. The van der Waals surface area contributed by atoms with Gasteiger partial charge in [0.1, 0.15) is 12.4 Å². The van der Waals surface area contributed by atoms with E-state index in [1.165, 1.54) is 19.2 Å². The van der Waals surface area contributed by atoms with Crippen molar-refractivity contribution in [3.8, 4) is 11.5 Å². The third-order valence-electron chi connectivity index (χ3n) is 2.58. The van der Waals surface area contributed by atoms with Gasteiger partial charge in [0.25, 0.3) is 0 Å². The molecule has 0 heterocycles. The van der Waals surface area contributed by atoms with Crippen molar-refractivity contribution >= 4 is 12.2 Å². The van der Waals surface area contributed by atoms with Crippen LogP contribution in [0, 0.1) is 0 Å². The number of ether oxygens (including phenoxy) is 1. The highest BCUT2D eigenvalue weighted by Crippen LogP contribution is 2.36. The summed E-state index contributed by atoms with van der Waals surface area (Å²) in [6.45, 7) is 0. The molecule has 0 aliphatic rings. The fourth-order valence-electron chi connectivity index (χ4n) is 1.63. The van der Waals surface area contributed by atoms with Crippen molar-refractivity contribution in [2.45, 2.75) is 18.6 Å². The van der Waals surface area contributed by atoms with E-state index >= 15 is 0 Å². The molecule has 1 aromatic carbocycles. The van der Waals surface area contributed by atoms with Crippen LogP contribution in [-0.4, -0.2) is 40.7 Å². The van der Waals surface area contributed by atoms with Crippen LogP contribution < -0.4 is 10.5 Å². The standard InChI is InChI=1S/C12H15NO6/c1-19-9-3-6(5-14)2-7(12(9)18)11(17)8(15)4-10(13)16/h2-3,5,8,11,15,17-18H,4H2,1H3,(H2,13,16). The summed E-state index contributed by atoms with van der Waals surface area (Å²) in [6, 6.07) is 2.47. The molecule has 0 bridgehead atoms. The first-order valence-corrected chi connectivity index (χ1v) is 5.41. The molecule has 104 valence electrons. The number of rotatable bonds is 6. The van der Waals surface area contributed by atoms with Gasteiger partial charge < -0.3 is 25.8 Å². The first-order chi connectivity index (χ1) is 8.90. The van der Waals surface area contributed by atoms with Gasteiger partial charge >= 0.3 is 0 Å². The average Bonchev–Trinajstić information content (AvgIpc) is 2.37. The molecule has 0 spiro atoms.